The van der Waals surface area contributed by atoms with Gasteiger partial charge in [-0.15, -0.1) is 0 Å². The Morgan fingerprint density at radius 2 is 1.86 bits per heavy atom. The first-order chi connectivity index (χ1) is 10.1. The highest BCUT2D eigenvalue weighted by molar-refractivity contribution is 5.39. The van der Waals surface area contributed by atoms with E-state index in [4.69, 9.17) is 10.5 Å². The number of para-hydroxylation sites is 1. The molecule has 0 saturated heterocycles. The monoisotopic (exact) mass is 289 g/mol. The topological polar surface area (TPSA) is 35.2 Å². The van der Waals surface area contributed by atoms with E-state index in [1.54, 1.807) is 0 Å². The molecule has 4 heteroatoms. The molecule has 3 rings (SSSR count). The van der Waals surface area contributed by atoms with Crippen molar-refractivity contribution >= 4 is 0 Å². The molecule has 0 aromatic heterocycles. The Kier molecular flexibility index (Phi) is 3.88. The van der Waals surface area contributed by atoms with E-state index in [1.807, 2.05) is 24.3 Å². The average molecular weight is 289 g/mol. The summed E-state index contributed by atoms with van der Waals surface area (Å²) in [5, 5.41) is 0. The fourth-order valence-electron chi connectivity index (χ4n) is 2.96. The number of rotatable bonds is 3. The maximum Gasteiger partial charge on any atom is 0.126 e. The molecule has 2 aromatic rings. The Bertz CT molecular complexity index is 624. The normalized spacial score (nSPS) is 18.7. The molecule has 21 heavy (non-hydrogen) atoms. The highest BCUT2D eigenvalue weighted by atomic mass is 19.1. The van der Waals surface area contributed by atoms with Crippen molar-refractivity contribution in [2.75, 3.05) is 6.61 Å². The van der Waals surface area contributed by atoms with Crippen molar-refractivity contribution in [2.24, 2.45) is 5.73 Å². The Labute approximate surface area is 122 Å². The SMILES string of the molecule is NC(Cc1cc(F)cc(F)c1)C1CCOc2ccccc21. The van der Waals surface area contributed by atoms with E-state index in [0.717, 1.165) is 23.8 Å². The first-order valence-electron chi connectivity index (χ1n) is 7.06. The number of hydrogen-bond acceptors (Lipinski definition) is 2. The van der Waals surface area contributed by atoms with Gasteiger partial charge >= 0.3 is 0 Å². The second-order valence-electron chi connectivity index (χ2n) is 5.43. The van der Waals surface area contributed by atoms with Crippen molar-refractivity contribution in [3.05, 3.63) is 65.2 Å². The standard InChI is InChI=1S/C17H17F2NO/c18-12-7-11(8-13(19)10-12)9-16(20)14-5-6-21-17-4-2-1-3-15(14)17/h1-4,7-8,10,14,16H,5-6,9,20H2. The molecular weight excluding hydrogens is 272 g/mol. The van der Waals surface area contributed by atoms with Gasteiger partial charge in [-0.2, -0.15) is 0 Å². The van der Waals surface area contributed by atoms with Crippen LogP contribution >= 0.6 is 0 Å². The summed E-state index contributed by atoms with van der Waals surface area (Å²) in [4.78, 5) is 0. The molecule has 0 radical (unpaired) electrons. The highest BCUT2D eigenvalue weighted by Gasteiger charge is 2.26. The lowest BCUT2D eigenvalue weighted by atomic mass is 9.84. The lowest BCUT2D eigenvalue weighted by Crippen LogP contribution is -2.34. The molecule has 2 atom stereocenters. The molecule has 110 valence electrons. The summed E-state index contributed by atoms with van der Waals surface area (Å²) in [6, 6.07) is 11.2. The van der Waals surface area contributed by atoms with Gasteiger partial charge in [0.2, 0.25) is 0 Å². The van der Waals surface area contributed by atoms with Crippen LogP contribution in [-0.2, 0) is 6.42 Å². The molecule has 2 N–H and O–H groups in total. The zero-order chi connectivity index (χ0) is 14.8. The number of benzene rings is 2. The Balaban J connectivity index is 1.81. The quantitative estimate of drug-likeness (QED) is 0.940. The van der Waals surface area contributed by atoms with Crippen molar-refractivity contribution in [3.8, 4) is 5.75 Å². The molecule has 1 aliphatic heterocycles. The first-order valence-corrected chi connectivity index (χ1v) is 7.06. The number of hydrogen-bond donors (Lipinski definition) is 1. The third-order valence-electron chi connectivity index (χ3n) is 3.92. The molecule has 0 spiro atoms. The molecule has 0 amide bonds. The molecule has 0 saturated carbocycles. The van der Waals surface area contributed by atoms with E-state index in [-0.39, 0.29) is 12.0 Å². The molecule has 2 unspecified atom stereocenters. The molecular formula is C17H17F2NO. The van der Waals surface area contributed by atoms with Crippen LogP contribution in [0.3, 0.4) is 0 Å². The maximum absolute atomic E-state index is 13.3. The summed E-state index contributed by atoms with van der Waals surface area (Å²) in [6.45, 7) is 0.618. The van der Waals surface area contributed by atoms with Gasteiger partial charge in [0.05, 0.1) is 6.61 Å². The average Bonchev–Trinajstić information content (AvgIpc) is 2.45. The van der Waals surface area contributed by atoms with E-state index >= 15 is 0 Å². The van der Waals surface area contributed by atoms with E-state index in [0.29, 0.717) is 18.6 Å². The number of ether oxygens (including phenoxy) is 1. The van der Waals surface area contributed by atoms with Gasteiger partial charge in [0.25, 0.3) is 0 Å². The van der Waals surface area contributed by atoms with Crippen LogP contribution in [0.1, 0.15) is 23.5 Å². The number of halogens is 2. The van der Waals surface area contributed by atoms with Crippen LogP contribution < -0.4 is 10.5 Å². The van der Waals surface area contributed by atoms with Gasteiger partial charge in [0.15, 0.2) is 0 Å². The minimum absolute atomic E-state index is 0.140. The molecule has 0 fully saturated rings. The Hall–Kier alpha value is -1.94. The van der Waals surface area contributed by atoms with Crippen molar-refractivity contribution in [1.29, 1.82) is 0 Å². The van der Waals surface area contributed by atoms with Crippen LogP contribution in [0.2, 0.25) is 0 Å². The Morgan fingerprint density at radius 3 is 2.62 bits per heavy atom. The third kappa shape index (κ3) is 3.05. The predicted octanol–water partition coefficient (Wildman–Crippen LogP) is 3.40. The van der Waals surface area contributed by atoms with Gasteiger partial charge in [-0.1, -0.05) is 18.2 Å². The van der Waals surface area contributed by atoms with Crippen LogP contribution in [-0.4, -0.2) is 12.6 Å². The van der Waals surface area contributed by atoms with Gasteiger partial charge in [-0.3, -0.25) is 0 Å². The summed E-state index contributed by atoms with van der Waals surface area (Å²) < 4.78 is 32.1. The van der Waals surface area contributed by atoms with E-state index in [2.05, 4.69) is 0 Å². The fourth-order valence-corrected chi connectivity index (χ4v) is 2.96. The van der Waals surface area contributed by atoms with E-state index in [9.17, 15) is 8.78 Å². The zero-order valence-electron chi connectivity index (χ0n) is 11.6. The summed E-state index contributed by atoms with van der Waals surface area (Å²) in [7, 11) is 0. The molecule has 0 bridgehead atoms. The maximum atomic E-state index is 13.3. The largest absolute Gasteiger partial charge is 0.493 e. The zero-order valence-corrected chi connectivity index (χ0v) is 11.6. The third-order valence-corrected chi connectivity index (χ3v) is 3.92. The van der Waals surface area contributed by atoms with Crippen molar-refractivity contribution in [3.63, 3.8) is 0 Å². The van der Waals surface area contributed by atoms with Gasteiger partial charge < -0.3 is 10.5 Å². The summed E-state index contributed by atoms with van der Waals surface area (Å²) >= 11 is 0. The van der Waals surface area contributed by atoms with Crippen molar-refractivity contribution in [1.82, 2.24) is 0 Å². The molecule has 1 aliphatic rings. The van der Waals surface area contributed by atoms with Crippen LogP contribution in [0.15, 0.2) is 42.5 Å². The van der Waals surface area contributed by atoms with Gasteiger partial charge in [0.1, 0.15) is 17.4 Å². The number of nitrogens with two attached hydrogens (primary N) is 1. The fraction of sp³-hybridized carbons (Fsp3) is 0.294. The molecule has 0 aliphatic carbocycles. The summed E-state index contributed by atoms with van der Waals surface area (Å²) in [5.41, 5.74) is 7.96. The van der Waals surface area contributed by atoms with Gasteiger partial charge in [0, 0.05) is 18.0 Å². The second kappa shape index (κ2) is 5.82. The Morgan fingerprint density at radius 1 is 1.14 bits per heavy atom. The summed E-state index contributed by atoms with van der Waals surface area (Å²) in [6.07, 6.45) is 1.25. The molecule has 2 nitrogen and oxygen atoms in total. The van der Waals surface area contributed by atoms with Crippen molar-refractivity contribution in [2.45, 2.75) is 24.8 Å². The molecule has 1 heterocycles. The van der Waals surface area contributed by atoms with Crippen LogP contribution in [0, 0.1) is 11.6 Å². The smallest absolute Gasteiger partial charge is 0.126 e. The lowest BCUT2D eigenvalue weighted by Gasteiger charge is -2.30. The minimum atomic E-state index is -0.565. The predicted molar refractivity (Wildman–Crippen MR) is 77.3 cm³/mol. The van der Waals surface area contributed by atoms with Gasteiger partial charge in [-0.05, 0) is 42.2 Å². The van der Waals surface area contributed by atoms with Gasteiger partial charge in [-0.25, -0.2) is 8.78 Å². The highest BCUT2D eigenvalue weighted by Crippen LogP contribution is 2.35. The summed E-state index contributed by atoms with van der Waals surface area (Å²) in [5.74, 6) is -0.134. The van der Waals surface area contributed by atoms with Crippen molar-refractivity contribution < 1.29 is 13.5 Å². The van der Waals surface area contributed by atoms with Crippen LogP contribution in [0.25, 0.3) is 0 Å². The first kappa shape index (κ1) is 14.0. The van der Waals surface area contributed by atoms with E-state index < -0.39 is 11.6 Å². The minimum Gasteiger partial charge on any atom is -0.493 e. The lowest BCUT2D eigenvalue weighted by molar-refractivity contribution is 0.254. The van der Waals surface area contributed by atoms with Crippen LogP contribution in [0.5, 0.6) is 5.75 Å². The van der Waals surface area contributed by atoms with Crippen LogP contribution in [0.4, 0.5) is 8.78 Å². The number of fused-ring (bicyclic) bond motifs is 1. The van der Waals surface area contributed by atoms with E-state index in [1.165, 1.54) is 12.1 Å². The molecule has 2 aromatic carbocycles. The second-order valence-corrected chi connectivity index (χ2v) is 5.43.